The van der Waals surface area contributed by atoms with Gasteiger partial charge >= 0.3 is 0 Å². The fourth-order valence-electron chi connectivity index (χ4n) is 1.10. The minimum Gasteiger partial charge on any atom is -0.503 e. The molecule has 0 amide bonds. The summed E-state index contributed by atoms with van der Waals surface area (Å²) >= 11 is 0.901. The van der Waals surface area contributed by atoms with E-state index in [0.717, 1.165) is 11.3 Å². The van der Waals surface area contributed by atoms with Crippen LogP contribution in [0.25, 0.3) is 10.2 Å². The van der Waals surface area contributed by atoms with Crippen LogP contribution in [0.5, 0.6) is 23.0 Å². The van der Waals surface area contributed by atoms with Crippen molar-refractivity contribution < 1.29 is 20.4 Å². The second-order valence-corrected chi connectivity index (χ2v) is 3.65. The van der Waals surface area contributed by atoms with Gasteiger partial charge in [-0.3, -0.25) is 0 Å². The van der Waals surface area contributed by atoms with Gasteiger partial charge in [-0.05, 0) is 0 Å². The highest BCUT2D eigenvalue weighted by molar-refractivity contribution is 7.22. The number of thiazole rings is 1. The smallest absolute Gasteiger partial charge is 0.206 e. The monoisotopic (exact) mass is 214 g/mol. The number of phenolic OH excluding ortho intramolecular Hbond substituents is 4. The molecule has 0 saturated heterocycles. The standard InChI is InChI=1S/C7H6N2O4S/c8-7-9-1-2(10)3(11)4(12)5(13)6(1)14-7/h10-13H,(H2,8,9). The van der Waals surface area contributed by atoms with Gasteiger partial charge in [-0.2, -0.15) is 0 Å². The van der Waals surface area contributed by atoms with Gasteiger partial charge in [-0.1, -0.05) is 11.3 Å². The van der Waals surface area contributed by atoms with E-state index in [2.05, 4.69) is 4.98 Å². The molecule has 6 nitrogen and oxygen atoms in total. The third-order valence-corrected chi connectivity index (χ3v) is 2.65. The Morgan fingerprint density at radius 2 is 1.50 bits per heavy atom. The number of anilines is 1. The van der Waals surface area contributed by atoms with Crippen LogP contribution in [0.4, 0.5) is 5.13 Å². The molecule has 0 saturated carbocycles. The van der Waals surface area contributed by atoms with Crippen molar-refractivity contribution >= 4 is 26.7 Å². The molecule has 74 valence electrons. The summed E-state index contributed by atoms with van der Waals surface area (Å²) in [6.45, 7) is 0. The van der Waals surface area contributed by atoms with Crippen LogP contribution in [0.15, 0.2) is 0 Å². The Bertz CT molecular complexity index is 477. The van der Waals surface area contributed by atoms with Gasteiger partial charge in [0, 0.05) is 0 Å². The minimum absolute atomic E-state index is 0.0275. The van der Waals surface area contributed by atoms with E-state index in [-0.39, 0.29) is 15.3 Å². The van der Waals surface area contributed by atoms with E-state index < -0.39 is 23.0 Å². The van der Waals surface area contributed by atoms with Gasteiger partial charge < -0.3 is 26.2 Å². The first kappa shape index (κ1) is 8.70. The Balaban J connectivity index is 3.01. The van der Waals surface area contributed by atoms with Crippen molar-refractivity contribution in [2.45, 2.75) is 0 Å². The lowest BCUT2D eigenvalue weighted by molar-refractivity contribution is 0.351. The normalized spacial score (nSPS) is 10.9. The number of benzene rings is 1. The molecule has 1 aromatic carbocycles. The average molecular weight is 214 g/mol. The number of hydrogen-bond acceptors (Lipinski definition) is 7. The molecule has 0 atom stereocenters. The molecule has 0 radical (unpaired) electrons. The van der Waals surface area contributed by atoms with Crippen molar-refractivity contribution in [2.75, 3.05) is 5.73 Å². The molecule has 14 heavy (non-hydrogen) atoms. The van der Waals surface area contributed by atoms with Gasteiger partial charge in [0.15, 0.2) is 16.6 Å². The summed E-state index contributed by atoms with van der Waals surface area (Å²) < 4.78 is 0.135. The third kappa shape index (κ3) is 0.925. The zero-order valence-electron chi connectivity index (χ0n) is 6.72. The molecule has 2 aromatic rings. The quantitative estimate of drug-likeness (QED) is 0.325. The molecule has 0 bridgehead atoms. The largest absolute Gasteiger partial charge is 0.503 e. The maximum Gasteiger partial charge on any atom is 0.206 e. The first-order valence-corrected chi connectivity index (χ1v) is 4.36. The molecule has 0 aliphatic carbocycles. The Morgan fingerprint density at radius 1 is 0.929 bits per heavy atom. The van der Waals surface area contributed by atoms with Gasteiger partial charge in [0.25, 0.3) is 0 Å². The number of nitrogens with zero attached hydrogens (tertiary/aromatic N) is 1. The molecule has 2 rings (SSSR count). The summed E-state index contributed by atoms with van der Waals surface area (Å²) in [5, 5.41) is 37.2. The number of nitrogens with two attached hydrogens (primary N) is 1. The van der Waals surface area contributed by atoms with E-state index in [0.29, 0.717) is 0 Å². The first-order valence-electron chi connectivity index (χ1n) is 3.54. The van der Waals surface area contributed by atoms with Crippen molar-refractivity contribution in [3.05, 3.63) is 0 Å². The Hall–Kier alpha value is -1.89. The van der Waals surface area contributed by atoms with Crippen LogP contribution >= 0.6 is 11.3 Å². The molecule has 0 unspecified atom stereocenters. The Labute approximate surface area is 81.5 Å². The predicted molar refractivity (Wildman–Crippen MR) is 50.7 cm³/mol. The van der Waals surface area contributed by atoms with Crippen LogP contribution < -0.4 is 5.73 Å². The maximum atomic E-state index is 9.37. The number of rotatable bonds is 0. The highest BCUT2D eigenvalue weighted by Gasteiger charge is 2.20. The second-order valence-electron chi connectivity index (χ2n) is 2.62. The van der Waals surface area contributed by atoms with E-state index >= 15 is 0 Å². The number of hydrogen-bond donors (Lipinski definition) is 5. The molecule has 1 heterocycles. The van der Waals surface area contributed by atoms with Gasteiger partial charge in [0.1, 0.15) is 10.2 Å². The Kier molecular flexibility index (Phi) is 1.58. The van der Waals surface area contributed by atoms with E-state index in [1.54, 1.807) is 0 Å². The lowest BCUT2D eigenvalue weighted by atomic mass is 10.2. The number of aromatic nitrogens is 1. The molecule has 1 aromatic heterocycles. The summed E-state index contributed by atoms with van der Waals surface area (Å²) in [5.74, 6) is -2.72. The summed E-state index contributed by atoms with van der Waals surface area (Å²) in [5.41, 5.74) is 5.32. The highest BCUT2D eigenvalue weighted by Crippen LogP contribution is 2.50. The number of phenols is 4. The molecule has 7 heteroatoms. The molecule has 0 spiro atoms. The number of aromatic hydroxyl groups is 4. The molecule has 0 aliphatic rings. The minimum atomic E-state index is -0.805. The van der Waals surface area contributed by atoms with Crippen LogP contribution in [-0.4, -0.2) is 25.4 Å². The Morgan fingerprint density at radius 3 is 2.14 bits per heavy atom. The van der Waals surface area contributed by atoms with E-state index in [9.17, 15) is 15.3 Å². The summed E-state index contributed by atoms with van der Waals surface area (Å²) in [7, 11) is 0. The summed E-state index contributed by atoms with van der Waals surface area (Å²) in [6, 6.07) is 0. The van der Waals surface area contributed by atoms with Gasteiger partial charge in [-0.15, -0.1) is 0 Å². The molecule has 0 aliphatic heterocycles. The van der Waals surface area contributed by atoms with Crippen molar-refractivity contribution in [1.29, 1.82) is 0 Å². The fraction of sp³-hybridized carbons (Fsp3) is 0. The summed E-state index contributed by atoms with van der Waals surface area (Å²) in [4.78, 5) is 3.69. The van der Waals surface area contributed by atoms with E-state index in [4.69, 9.17) is 10.8 Å². The van der Waals surface area contributed by atoms with Crippen LogP contribution in [0, 0.1) is 0 Å². The van der Waals surface area contributed by atoms with Crippen molar-refractivity contribution in [3.8, 4) is 23.0 Å². The summed E-state index contributed by atoms with van der Waals surface area (Å²) in [6.07, 6.45) is 0. The van der Waals surface area contributed by atoms with Crippen LogP contribution in [0.2, 0.25) is 0 Å². The second kappa shape index (κ2) is 2.55. The topological polar surface area (TPSA) is 120 Å². The van der Waals surface area contributed by atoms with Gasteiger partial charge in [0.2, 0.25) is 11.5 Å². The zero-order valence-corrected chi connectivity index (χ0v) is 7.54. The van der Waals surface area contributed by atoms with Crippen LogP contribution in [0.1, 0.15) is 0 Å². The lowest BCUT2D eigenvalue weighted by Gasteiger charge is -2.03. The van der Waals surface area contributed by atoms with E-state index in [1.807, 2.05) is 0 Å². The predicted octanol–water partition coefficient (Wildman–Crippen LogP) is 0.701. The SMILES string of the molecule is Nc1nc2c(O)c(O)c(O)c(O)c2s1. The fourth-order valence-corrected chi connectivity index (χ4v) is 1.88. The highest BCUT2D eigenvalue weighted by atomic mass is 32.1. The first-order chi connectivity index (χ1) is 6.52. The lowest BCUT2D eigenvalue weighted by Crippen LogP contribution is -1.80. The molecular weight excluding hydrogens is 208 g/mol. The average Bonchev–Trinajstić information content (AvgIpc) is 2.54. The van der Waals surface area contributed by atoms with Gasteiger partial charge in [0.05, 0.1) is 0 Å². The number of fused-ring (bicyclic) bond motifs is 1. The van der Waals surface area contributed by atoms with Crippen molar-refractivity contribution in [1.82, 2.24) is 4.98 Å². The zero-order chi connectivity index (χ0) is 10.5. The molecule has 6 N–H and O–H groups in total. The molecule has 0 fully saturated rings. The van der Waals surface area contributed by atoms with Gasteiger partial charge in [-0.25, -0.2) is 4.98 Å². The van der Waals surface area contributed by atoms with Crippen molar-refractivity contribution in [2.24, 2.45) is 0 Å². The van der Waals surface area contributed by atoms with Crippen LogP contribution in [0.3, 0.4) is 0 Å². The number of nitrogen functional groups attached to an aromatic ring is 1. The molecular formula is C7H6N2O4S. The van der Waals surface area contributed by atoms with E-state index in [1.165, 1.54) is 0 Å². The van der Waals surface area contributed by atoms with Crippen molar-refractivity contribution in [3.63, 3.8) is 0 Å². The van der Waals surface area contributed by atoms with Crippen LogP contribution in [-0.2, 0) is 0 Å². The maximum absolute atomic E-state index is 9.37. The third-order valence-electron chi connectivity index (χ3n) is 1.76.